The molecule has 6 nitrogen and oxygen atoms in total. The molecule has 1 saturated heterocycles. The third-order valence-corrected chi connectivity index (χ3v) is 3.27. The van der Waals surface area contributed by atoms with Gasteiger partial charge in [-0.05, 0) is 0 Å². The molecule has 0 radical (unpaired) electrons. The summed E-state index contributed by atoms with van der Waals surface area (Å²) in [5.74, 6) is 0.753. The minimum absolute atomic E-state index is 0.0802. The van der Waals surface area contributed by atoms with Gasteiger partial charge >= 0.3 is 0 Å². The van der Waals surface area contributed by atoms with Crippen LogP contribution in [-0.4, -0.2) is 50.7 Å². The van der Waals surface area contributed by atoms with E-state index in [9.17, 15) is 9.00 Å². The van der Waals surface area contributed by atoms with E-state index in [0.29, 0.717) is 24.6 Å². The summed E-state index contributed by atoms with van der Waals surface area (Å²) in [7, 11) is -0.797. The Bertz CT molecular complexity index is 269. The maximum absolute atomic E-state index is 11.4. The second kappa shape index (κ2) is 4.94. The van der Waals surface area contributed by atoms with Crippen LogP contribution in [0.15, 0.2) is 5.16 Å². The van der Waals surface area contributed by atoms with E-state index in [0.717, 1.165) is 0 Å². The predicted molar refractivity (Wildman–Crippen MR) is 52.5 cm³/mol. The molecule has 1 amide bonds. The van der Waals surface area contributed by atoms with Crippen molar-refractivity contribution in [2.75, 3.05) is 24.6 Å². The Morgan fingerprint density at radius 2 is 2.07 bits per heavy atom. The molecule has 0 saturated carbocycles. The zero-order valence-electron chi connectivity index (χ0n) is 7.68. The van der Waals surface area contributed by atoms with E-state index in [1.54, 1.807) is 4.90 Å². The van der Waals surface area contributed by atoms with Crippen LogP contribution in [0, 0.1) is 0 Å². The van der Waals surface area contributed by atoms with Gasteiger partial charge in [0.05, 0.1) is 6.42 Å². The molecular formula is C7H13N3O3S. The first-order valence-electron chi connectivity index (χ1n) is 4.22. The van der Waals surface area contributed by atoms with E-state index in [1.165, 1.54) is 0 Å². The number of amides is 1. The fourth-order valence-electron chi connectivity index (χ4n) is 1.19. The van der Waals surface area contributed by atoms with Crippen LogP contribution >= 0.6 is 0 Å². The van der Waals surface area contributed by atoms with Gasteiger partial charge in [0.2, 0.25) is 5.91 Å². The third kappa shape index (κ3) is 2.99. The van der Waals surface area contributed by atoms with Gasteiger partial charge in [0.1, 0.15) is 5.84 Å². The molecule has 1 aliphatic rings. The lowest BCUT2D eigenvalue weighted by Crippen LogP contribution is -2.43. The summed E-state index contributed by atoms with van der Waals surface area (Å²) in [6, 6.07) is 0. The van der Waals surface area contributed by atoms with Crippen LogP contribution in [0.3, 0.4) is 0 Å². The lowest BCUT2D eigenvalue weighted by atomic mass is 10.3. The molecule has 0 aliphatic carbocycles. The van der Waals surface area contributed by atoms with Crippen LogP contribution in [-0.2, 0) is 15.6 Å². The van der Waals surface area contributed by atoms with Gasteiger partial charge in [-0.15, -0.1) is 0 Å². The monoisotopic (exact) mass is 219 g/mol. The zero-order valence-corrected chi connectivity index (χ0v) is 8.50. The van der Waals surface area contributed by atoms with Crippen molar-refractivity contribution in [2.45, 2.75) is 6.42 Å². The fourth-order valence-corrected chi connectivity index (χ4v) is 2.24. The Balaban J connectivity index is 2.42. The molecule has 80 valence electrons. The molecule has 0 aromatic rings. The Hall–Kier alpha value is -1.11. The van der Waals surface area contributed by atoms with Crippen LogP contribution in [0.1, 0.15) is 6.42 Å². The number of nitrogens with two attached hydrogens (primary N) is 1. The van der Waals surface area contributed by atoms with Gasteiger partial charge in [-0.25, -0.2) is 0 Å². The number of amidine groups is 1. The van der Waals surface area contributed by atoms with E-state index >= 15 is 0 Å². The Morgan fingerprint density at radius 1 is 1.50 bits per heavy atom. The quantitative estimate of drug-likeness (QED) is 0.261. The molecule has 0 bridgehead atoms. The van der Waals surface area contributed by atoms with Crippen LogP contribution in [0.4, 0.5) is 0 Å². The predicted octanol–water partition coefficient (Wildman–Crippen LogP) is -1.29. The summed E-state index contributed by atoms with van der Waals surface area (Å²) in [5, 5.41) is 11.0. The largest absolute Gasteiger partial charge is 0.409 e. The molecule has 0 aromatic carbocycles. The first-order chi connectivity index (χ1) is 6.63. The minimum atomic E-state index is -0.797. The molecule has 1 rings (SSSR count). The molecule has 1 fully saturated rings. The van der Waals surface area contributed by atoms with Crippen LogP contribution in [0.2, 0.25) is 0 Å². The molecule has 1 heterocycles. The number of rotatable bonds is 2. The van der Waals surface area contributed by atoms with E-state index in [4.69, 9.17) is 10.9 Å². The molecule has 0 spiro atoms. The summed E-state index contributed by atoms with van der Waals surface area (Å²) in [4.78, 5) is 13.0. The molecule has 1 aliphatic heterocycles. The van der Waals surface area contributed by atoms with Gasteiger partial charge in [-0.2, -0.15) is 0 Å². The maximum Gasteiger partial charge on any atom is 0.230 e. The molecule has 7 heteroatoms. The summed E-state index contributed by atoms with van der Waals surface area (Å²) < 4.78 is 11.0. The molecule has 14 heavy (non-hydrogen) atoms. The Morgan fingerprint density at radius 3 is 2.57 bits per heavy atom. The highest BCUT2D eigenvalue weighted by atomic mass is 32.2. The van der Waals surface area contributed by atoms with Crippen LogP contribution < -0.4 is 5.73 Å². The normalized spacial score (nSPS) is 19.7. The average Bonchev–Trinajstić information content (AvgIpc) is 2.18. The summed E-state index contributed by atoms with van der Waals surface area (Å²) in [6.07, 6.45) is -0.0802. The Labute approximate surface area is 84.2 Å². The SMILES string of the molecule is N/C(CC(=O)N1CCS(=O)CC1)=N\O. The molecule has 0 atom stereocenters. The van der Waals surface area contributed by atoms with E-state index in [2.05, 4.69) is 5.16 Å². The lowest BCUT2D eigenvalue weighted by Gasteiger charge is -2.26. The second-order valence-electron chi connectivity index (χ2n) is 3.00. The van der Waals surface area contributed by atoms with Crippen molar-refractivity contribution in [3.63, 3.8) is 0 Å². The molecule has 0 aromatic heterocycles. The van der Waals surface area contributed by atoms with Crippen molar-refractivity contribution < 1.29 is 14.2 Å². The number of carbonyl (C=O) groups is 1. The summed E-state index contributed by atoms with van der Waals surface area (Å²) >= 11 is 0. The first kappa shape index (κ1) is 11.0. The number of hydrogen-bond donors (Lipinski definition) is 2. The van der Waals surface area contributed by atoms with Crippen molar-refractivity contribution in [2.24, 2.45) is 10.9 Å². The highest BCUT2D eigenvalue weighted by Gasteiger charge is 2.20. The number of hydrogen-bond acceptors (Lipinski definition) is 4. The Kier molecular flexibility index (Phi) is 3.87. The van der Waals surface area contributed by atoms with E-state index in [-0.39, 0.29) is 18.2 Å². The summed E-state index contributed by atoms with van der Waals surface area (Å²) in [5.41, 5.74) is 5.20. The first-order valence-corrected chi connectivity index (χ1v) is 5.71. The van der Waals surface area contributed by atoms with Crippen molar-refractivity contribution in [3.05, 3.63) is 0 Å². The smallest absolute Gasteiger partial charge is 0.230 e. The minimum Gasteiger partial charge on any atom is -0.409 e. The zero-order chi connectivity index (χ0) is 10.6. The standard InChI is InChI=1S/C7H13N3O3S/c8-6(9-12)5-7(11)10-1-3-14(13)4-2-10/h12H,1-5H2,(H2,8,9). The van der Waals surface area contributed by atoms with Gasteiger partial charge in [0, 0.05) is 35.4 Å². The van der Waals surface area contributed by atoms with Gasteiger partial charge in [-0.1, -0.05) is 5.16 Å². The number of carbonyl (C=O) groups excluding carboxylic acids is 1. The van der Waals surface area contributed by atoms with Crippen molar-refractivity contribution in [3.8, 4) is 0 Å². The third-order valence-electron chi connectivity index (χ3n) is 1.99. The highest BCUT2D eigenvalue weighted by molar-refractivity contribution is 7.85. The van der Waals surface area contributed by atoms with Crippen molar-refractivity contribution in [1.82, 2.24) is 4.90 Å². The van der Waals surface area contributed by atoms with Gasteiger partial charge in [0.15, 0.2) is 0 Å². The lowest BCUT2D eigenvalue weighted by molar-refractivity contribution is -0.129. The van der Waals surface area contributed by atoms with Crippen LogP contribution in [0.5, 0.6) is 0 Å². The molecular weight excluding hydrogens is 206 g/mol. The number of oxime groups is 1. The van der Waals surface area contributed by atoms with Crippen molar-refractivity contribution >= 4 is 22.5 Å². The second-order valence-corrected chi connectivity index (χ2v) is 4.69. The highest BCUT2D eigenvalue weighted by Crippen LogP contribution is 2.02. The van der Waals surface area contributed by atoms with Gasteiger partial charge in [-0.3, -0.25) is 9.00 Å². The van der Waals surface area contributed by atoms with Gasteiger partial charge in [0.25, 0.3) is 0 Å². The fraction of sp³-hybridized carbons (Fsp3) is 0.714. The summed E-state index contributed by atoms with van der Waals surface area (Å²) in [6.45, 7) is 0.980. The van der Waals surface area contributed by atoms with E-state index < -0.39 is 10.8 Å². The molecule has 3 N–H and O–H groups in total. The molecule has 0 unspecified atom stereocenters. The average molecular weight is 219 g/mol. The van der Waals surface area contributed by atoms with Gasteiger partial charge < -0.3 is 15.8 Å². The van der Waals surface area contributed by atoms with E-state index in [1.807, 2.05) is 0 Å². The number of nitrogens with zero attached hydrogens (tertiary/aromatic N) is 2. The van der Waals surface area contributed by atoms with Crippen LogP contribution in [0.25, 0.3) is 0 Å². The van der Waals surface area contributed by atoms with Crippen molar-refractivity contribution in [1.29, 1.82) is 0 Å². The maximum atomic E-state index is 11.4. The topological polar surface area (TPSA) is 96.0 Å².